The van der Waals surface area contributed by atoms with Gasteiger partial charge in [-0.1, -0.05) is 43.7 Å². The lowest BCUT2D eigenvalue weighted by molar-refractivity contribution is -0.927. The van der Waals surface area contributed by atoms with Gasteiger partial charge in [-0.2, -0.15) is 0 Å². The standard InChI is InChI=1S/C20H32NO3/c1-4-7-15-21(5-2,6-3)16-19(22)17-24-20(23)14-13-18-11-9-8-10-12-18/h8-14,19,22H,4-7,15-17H2,1-3H3/q+1/b14-13+. The maximum absolute atomic E-state index is 11.8. The summed E-state index contributed by atoms with van der Waals surface area (Å²) in [6.45, 7) is 10.2. The first-order valence-corrected chi connectivity index (χ1v) is 8.98. The zero-order valence-corrected chi connectivity index (χ0v) is 15.3. The number of esters is 1. The van der Waals surface area contributed by atoms with E-state index in [0.29, 0.717) is 6.54 Å². The minimum Gasteiger partial charge on any atom is -0.460 e. The number of benzene rings is 1. The number of likely N-dealkylation sites (N-methyl/N-ethyl adjacent to an activating group) is 1. The lowest BCUT2D eigenvalue weighted by atomic mass is 10.2. The molecule has 0 aliphatic rings. The van der Waals surface area contributed by atoms with Gasteiger partial charge >= 0.3 is 5.97 Å². The van der Waals surface area contributed by atoms with Gasteiger partial charge in [-0.25, -0.2) is 4.79 Å². The highest BCUT2D eigenvalue weighted by molar-refractivity contribution is 5.87. The predicted octanol–water partition coefficient (Wildman–Crippen LogP) is 3.26. The number of carbonyl (C=O) groups is 1. The Kier molecular flexibility index (Phi) is 9.35. The molecule has 0 bridgehead atoms. The molecule has 0 aliphatic heterocycles. The molecule has 1 rings (SSSR count). The fraction of sp³-hybridized carbons (Fsp3) is 0.550. The summed E-state index contributed by atoms with van der Waals surface area (Å²) in [6, 6.07) is 9.59. The Bertz CT molecular complexity index is 495. The number of hydrogen-bond acceptors (Lipinski definition) is 3. The molecule has 1 unspecified atom stereocenters. The first kappa shape index (κ1) is 20.4. The van der Waals surface area contributed by atoms with Crippen LogP contribution in [-0.2, 0) is 9.53 Å². The fourth-order valence-corrected chi connectivity index (χ4v) is 2.84. The number of ether oxygens (including phenoxy) is 1. The van der Waals surface area contributed by atoms with E-state index in [4.69, 9.17) is 4.74 Å². The van der Waals surface area contributed by atoms with Gasteiger partial charge in [0.05, 0.1) is 19.6 Å². The van der Waals surface area contributed by atoms with Gasteiger partial charge in [-0.15, -0.1) is 0 Å². The Hall–Kier alpha value is -1.65. The number of hydrogen-bond donors (Lipinski definition) is 1. The molecule has 0 radical (unpaired) electrons. The van der Waals surface area contributed by atoms with Crippen molar-refractivity contribution in [2.75, 3.05) is 32.8 Å². The van der Waals surface area contributed by atoms with Crippen molar-refractivity contribution in [3.8, 4) is 0 Å². The van der Waals surface area contributed by atoms with Crippen molar-refractivity contribution in [1.82, 2.24) is 0 Å². The summed E-state index contributed by atoms with van der Waals surface area (Å²) in [5.41, 5.74) is 0.946. The van der Waals surface area contributed by atoms with Crippen LogP contribution in [0, 0.1) is 0 Å². The van der Waals surface area contributed by atoms with Gasteiger partial charge < -0.3 is 14.3 Å². The van der Waals surface area contributed by atoms with Crippen LogP contribution in [0.3, 0.4) is 0 Å². The molecule has 0 fully saturated rings. The summed E-state index contributed by atoms with van der Waals surface area (Å²) in [4.78, 5) is 11.8. The molecule has 0 aromatic heterocycles. The summed E-state index contributed by atoms with van der Waals surface area (Å²) in [5.74, 6) is -0.419. The molecule has 134 valence electrons. The molecule has 1 aromatic rings. The molecule has 4 nitrogen and oxygen atoms in total. The highest BCUT2D eigenvalue weighted by Crippen LogP contribution is 2.11. The molecule has 1 N–H and O–H groups in total. The molecule has 0 saturated heterocycles. The number of unbranched alkanes of at least 4 members (excludes halogenated alkanes) is 1. The minimum atomic E-state index is -0.629. The van der Waals surface area contributed by atoms with E-state index in [9.17, 15) is 9.90 Å². The number of aliphatic hydroxyl groups excluding tert-OH is 1. The van der Waals surface area contributed by atoms with E-state index >= 15 is 0 Å². The van der Waals surface area contributed by atoms with Gasteiger partial charge in [0.25, 0.3) is 0 Å². The van der Waals surface area contributed by atoms with E-state index < -0.39 is 12.1 Å². The van der Waals surface area contributed by atoms with E-state index in [1.165, 1.54) is 6.08 Å². The van der Waals surface area contributed by atoms with E-state index in [1.54, 1.807) is 6.08 Å². The van der Waals surface area contributed by atoms with Gasteiger partial charge in [0, 0.05) is 6.08 Å². The van der Waals surface area contributed by atoms with E-state index in [0.717, 1.165) is 42.5 Å². The number of rotatable bonds is 11. The Morgan fingerprint density at radius 2 is 1.88 bits per heavy atom. The molecule has 4 heteroatoms. The second-order valence-electron chi connectivity index (χ2n) is 6.26. The first-order valence-electron chi connectivity index (χ1n) is 8.98. The van der Waals surface area contributed by atoms with E-state index in [-0.39, 0.29) is 6.61 Å². The van der Waals surface area contributed by atoms with Gasteiger partial charge in [0.15, 0.2) is 0 Å². The zero-order chi connectivity index (χ0) is 17.8. The molecule has 0 heterocycles. The van der Waals surface area contributed by atoms with Crippen LogP contribution in [0.15, 0.2) is 36.4 Å². The van der Waals surface area contributed by atoms with Gasteiger partial charge in [-0.3, -0.25) is 0 Å². The summed E-state index contributed by atoms with van der Waals surface area (Å²) in [7, 11) is 0. The van der Waals surface area contributed by atoms with E-state index in [1.807, 2.05) is 30.3 Å². The number of carbonyl (C=O) groups excluding carboxylic acids is 1. The molecule has 24 heavy (non-hydrogen) atoms. The second kappa shape index (κ2) is 11.0. The van der Waals surface area contributed by atoms with Crippen LogP contribution in [0.25, 0.3) is 6.08 Å². The normalized spacial score (nSPS) is 13.2. The van der Waals surface area contributed by atoms with Gasteiger partial charge in [-0.05, 0) is 31.9 Å². The Morgan fingerprint density at radius 3 is 2.46 bits per heavy atom. The van der Waals surface area contributed by atoms with Crippen LogP contribution in [0.5, 0.6) is 0 Å². The van der Waals surface area contributed by atoms with Crippen molar-refractivity contribution in [3.63, 3.8) is 0 Å². The van der Waals surface area contributed by atoms with Crippen LogP contribution >= 0.6 is 0 Å². The summed E-state index contributed by atoms with van der Waals surface area (Å²) in [5, 5.41) is 10.3. The smallest absolute Gasteiger partial charge is 0.330 e. The molecule has 1 aromatic carbocycles. The van der Waals surface area contributed by atoms with Crippen LogP contribution in [0.1, 0.15) is 39.2 Å². The molecule has 0 aliphatic carbocycles. The third kappa shape index (κ3) is 7.28. The third-order valence-electron chi connectivity index (χ3n) is 4.56. The van der Waals surface area contributed by atoms with Crippen LogP contribution in [0.2, 0.25) is 0 Å². The molecular formula is C20H32NO3+. The van der Waals surface area contributed by atoms with Crippen molar-refractivity contribution in [2.45, 2.75) is 39.7 Å². The Labute approximate surface area is 146 Å². The maximum atomic E-state index is 11.8. The number of nitrogens with zero attached hydrogens (tertiary/aromatic N) is 1. The Morgan fingerprint density at radius 1 is 1.21 bits per heavy atom. The molecule has 0 spiro atoms. The lowest BCUT2D eigenvalue weighted by Gasteiger charge is -2.38. The lowest BCUT2D eigenvalue weighted by Crippen LogP contribution is -2.53. The van der Waals surface area contributed by atoms with Crippen LogP contribution < -0.4 is 0 Å². The molecule has 0 saturated carbocycles. The topological polar surface area (TPSA) is 46.5 Å². The average molecular weight is 334 g/mol. The zero-order valence-electron chi connectivity index (χ0n) is 15.3. The maximum Gasteiger partial charge on any atom is 0.330 e. The largest absolute Gasteiger partial charge is 0.460 e. The predicted molar refractivity (Wildman–Crippen MR) is 98.4 cm³/mol. The first-order chi connectivity index (χ1) is 11.5. The van der Waals surface area contributed by atoms with Crippen molar-refractivity contribution in [1.29, 1.82) is 0 Å². The van der Waals surface area contributed by atoms with Crippen molar-refractivity contribution in [3.05, 3.63) is 42.0 Å². The minimum absolute atomic E-state index is 0.0457. The molecular weight excluding hydrogens is 302 g/mol. The molecule has 1 atom stereocenters. The SMILES string of the molecule is CCCC[N+](CC)(CC)CC(O)COC(=O)/C=C/c1ccccc1. The summed E-state index contributed by atoms with van der Waals surface area (Å²) < 4.78 is 6.05. The highest BCUT2D eigenvalue weighted by atomic mass is 16.5. The van der Waals surface area contributed by atoms with Crippen molar-refractivity contribution >= 4 is 12.0 Å². The van der Waals surface area contributed by atoms with Crippen molar-refractivity contribution in [2.24, 2.45) is 0 Å². The molecule has 0 amide bonds. The fourth-order valence-electron chi connectivity index (χ4n) is 2.84. The average Bonchev–Trinajstić information content (AvgIpc) is 2.62. The van der Waals surface area contributed by atoms with Crippen LogP contribution in [0.4, 0.5) is 0 Å². The van der Waals surface area contributed by atoms with E-state index in [2.05, 4.69) is 20.8 Å². The Balaban J connectivity index is 2.44. The number of aliphatic hydroxyl groups is 1. The number of quaternary nitrogens is 1. The highest BCUT2D eigenvalue weighted by Gasteiger charge is 2.26. The quantitative estimate of drug-likeness (QED) is 0.384. The van der Waals surface area contributed by atoms with Gasteiger partial charge in [0.2, 0.25) is 0 Å². The van der Waals surface area contributed by atoms with Crippen molar-refractivity contribution < 1.29 is 19.1 Å². The third-order valence-corrected chi connectivity index (χ3v) is 4.56. The summed E-state index contributed by atoms with van der Waals surface area (Å²) in [6.07, 6.45) is 4.79. The van der Waals surface area contributed by atoms with Crippen LogP contribution in [-0.4, -0.2) is 54.4 Å². The summed E-state index contributed by atoms with van der Waals surface area (Å²) >= 11 is 0. The van der Waals surface area contributed by atoms with Gasteiger partial charge in [0.1, 0.15) is 19.3 Å². The monoisotopic (exact) mass is 334 g/mol. The second-order valence-corrected chi connectivity index (χ2v) is 6.26.